The van der Waals surface area contributed by atoms with E-state index in [1.165, 1.54) is 0 Å². The van der Waals surface area contributed by atoms with Crippen LogP contribution in [0.1, 0.15) is 5.69 Å². The number of nitrogen functional groups attached to an aromatic ring is 1. The average molecular weight is 293 g/mol. The van der Waals surface area contributed by atoms with Gasteiger partial charge in [0, 0.05) is 24.0 Å². The molecule has 0 aliphatic carbocycles. The van der Waals surface area contributed by atoms with Crippen molar-refractivity contribution in [1.82, 2.24) is 4.98 Å². The van der Waals surface area contributed by atoms with Crippen molar-refractivity contribution in [3.05, 3.63) is 52.8 Å². The van der Waals surface area contributed by atoms with Gasteiger partial charge in [-0.2, -0.15) is 0 Å². The lowest BCUT2D eigenvalue weighted by Gasteiger charge is -2.08. The fourth-order valence-electron chi connectivity index (χ4n) is 1.45. The molecule has 0 saturated heterocycles. The summed E-state index contributed by atoms with van der Waals surface area (Å²) in [7, 11) is 0. The summed E-state index contributed by atoms with van der Waals surface area (Å²) in [6, 6.07) is 11.4. The Bertz CT molecular complexity index is 488. The molecule has 2 rings (SSSR count). The number of nitrogens with zero attached hydrogens (tertiary/aromatic N) is 1. The van der Waals surface area contributed by atoms with Crippen molar-refractivity contribution in [3.8, 4) is 5.75 Å². The molecule has 0 bridgehead atoms. The number of anilines is 1. The van der Waals surface area contributed by atoms with Gasteiger partial charge < -0.3 is 10.5 Å². The van der Waals surface area contributed by atoms with Gasteiger partial charge in [-0.3, -0.25) is 4.98 Å². The fraction of sp³-hybridized carbons (Fsp3) is 0.154. The SMILES string of the molecule is Nc1ccc(OCCc2ccccn2)c(Br)c1. The zero-order valence-corrected chi connectivity index (χ0v) is 10.9. The fourth-order valence-corrected chi connectivity index (χ4v) is 1.96. The zero-order valence-electron chi connectivity index (χ0n) is 9.27. The molecule has 0 atom stereocenters. The van der Waals surface area contributed by atoms with Crippen LogP contribution in [0.2, 0.25) is 0 Å². The van der Waals surface area contributed by atoms with Crippen LogP contribution in [0.15, 0.2) is 47.1 Å². The molecule has 2 N–H and O–H groups in total. The lowest BCUT2D eigenvalue weighted by atomic mass is 10.3. The Morgan fingerprint density at radius 3 is 2.82 bits per heavy atom. The van der Waals surface area contributed by atoms with Gasteiger partial charge in [0.1, 0.15) is 5.75 Å². The van der Waals surface area contributed by atoms with Gasteiger partial charge in [0.05, 0.1) is 11.1 Å². The zero-order chi connectivity index (χ0) is 12.1. The van der Waals surface area contributed by atoms with Gasteiger partial charge in [-0.1, -0.05) is 6.07 Å². The number of pyridine rings is 1. The summed E-state index contributed by atoms with van der Waals surface area (Å²) < 4.78 is 6.53. The van der Waals surface area contributed by atoms with Crippen molar-refractivity contribution in [1.29, 1.82) is 0 Å². The van der Waals surface area contributed by atoms with Crippen molar-refractivity contribution in [2.45, 2.75) is 6.42 Å². The van der Waals surface area contributed by atoms with Crippen LogP contribution in [0.3, 0.4) is 0 Å². The van der Waals surface area contributed by atoms with Crippen LogP contribution in [0.5, 0.6) is 5.75 Å². The Morgan fingerprint density at radius 1 is 1.24 bits per heavy atom. The summed E-state index contributed by atoms with van der Waals surface area (Å²) in [5.74, 6) is 0.801. The normalized spacial score (nSPS) is 10.2. The largest absolute Gasteiger partial charge is 0.492 e. The lowest BCUT2D eigenvalue weighted by Crippen LogP contribution is -2.03. The molecule has 0 spiro atoms. The second-order valence-corrected chi connectivity index (χ2v) is 4.46. The molecule has 1 aromatic carbocycles. The van der Waals surface area contributed by atoms with E-state index in [-0.39, 0.29) is 0 Å². The Hall–Kier alpha value is -1.55. The monoisotopic (exact) mass is 292 g/mol. The lowest BCUT2D eigenvalue weighted by molar-refractivity contribution is 0.318. The molecule has 0 unspecified atom stereocenters. The van der Waals surface area contributed by atoms with Crippen molar-refractivity contribution in [2.24, 2.45) is 0 Å². The molecular formula is C13H13BrN2O. The third-order valence-electron chi connectivity index (χ3n) is 2.30. The predicted octanol–water partition coefficient (Wildman–Crippen LogP) is 3.05. The van der Waals surface area contributed by atoms with Crippen molar-refractivity contribution in [3.63, 3.8) is 0 Å². The molecule has 0 amide bonds. The number of benzene rings is 1. The smallest absolute Gasteiger partial charge is 0.133 e. The Kier molecular flexibility index (Phi) is 3.98. The minimum absolute atomic E-state index is 0.597. The van der Waals surface area contributed by atoms with E-state index in [1.807, 2.05) is 36.4 Å². The number of rotatable bonds is 4. The van der Waals surface area contributed by atoms with Crippen LogP contribution < -0.4 is 10.5 Å². The number of hydrogen-bond donors (Lipinski definition) is 1. The van der Waals surface area contributed by atoms with E-state index >= 15 is 0 Å². The van der Waals surface area contributed by atoms with Gasteiger partial charge >= 0.3 is 0 Å². The summed E-state index contributed by atoms with van der Waals surface area (Å²) in [6.45, 7) is 0.597. The molecule has 4 heteroatoms. The summed E-state index contributed by atoms with van der Waals surface area (Å²) in [5.41, 5.74) is 7.40. The minimum atomic E-state index is 0.597. The van der Waals surface area contributed by atoms with E-state index in [0.29, 0.717) is 12.3 Å². The van der Waals surface area contributed by atoms with Crippen molar-refractivity contribution >= 4 is 21.6 Å². The summed E-state index contributed by atoms with van der Waals surface area (Å²) in [4.78, 5) is 4.23. The van der Waals surface area contributed by atoms with Crippen LogP contribution in [-0.2, 0) is 6.42 Å². The maximum Gasteiger partial charge on any atom is 0.133 e. The summed E-state index contributed by atoms with van der Waals surface area (Å²) >= 11 is 3.41. The Morgan fingerprint density at radius 2 is 2.12 bits per heavy atom. The first kappa shape index (κ1) is 11.9. The second-order valence-electron chi connectivity index (χ2n) is 3.61. The van der Waals surface area contributed by atoms with Crippen molar-refractivity contribution in [2.75, 3.05) is 12.3 Å². The average Bonchev–Trinajstić information content (AvgIpc) is 2.33. The molecule has 0 aliphatic rings. The molecule has 0 fully saturated rings. The summed E-state index contributed by atoms with van der Waals surface area (Å²) in [5, 5.41) is 0. The van der Waals surface area contributed by atoms with Gasteiger partial charge in [0.2, 0.25) is 0 Å². The van der Waals surface area contributed by atoms with E-state index in [1.54, 1.807) is 6.20 Å². The van der Waals surface area contributed by atoms with Crippen molar-refractivity contribution < 1.29 is 4.74 Å². The van der Waals surface area contributed by atoms with Crippen LogP contribution in [0, 0.1) is 0 Å². The molecular weight excluding hydrogens is 280 g/mol. The molecule has 2 aromatic rings. The molecule has 0 aliphatic heterocycles. The van der Waals surface area contributed by atoms with Crippen LogP contribution in [-0.4, -0.2) is 11.6 Å². The molecule has 1 aromatic heterocycles. The standard InChI is InChI=1S/C13H13BrN2O/c14-12-9-10(15)4-5-13(12)17-8-6-11-3-1-2-7-16-11/h1-5,7,9H,6,8,15H2. The number of halogens is 1. The molecule has 88 valence electrons. The van der Waals surface area contributed by atoms with Gasteiger partial charge in [0.15, 0.2) is 0 Å². The third-order valence-corrected chi connectivity index (χ3v) is 2.92. The molecule has 0 radical (unpaired) electrons. The third kappa shape index (κ3) is 3.46. The van der Waals surface area contributed by atoms with E-state index in [9.17, 15) is 0 Å². The molecule has 17 heavy (non-hydrogen) atoms. The quantitative estimate of drug-likeness (QED) is 0.881. The molecule has 3 nitrogen and oxygen atoms in total. The van der Waals surface area contributed by atoms with E-state index in [0.717, 1.165) is 22.3 Å². The van der Waals surface area contributed by atoms with E-state index in [4.69, 9.17) is 10.5 Å². The first-order valence-electron chi connectivity index (χ1n) is 5.33. The molecule has 0 saturated carbocycles. The van der Waals surface area contributed by atoms with Gasteiger partial charge in [-0.25, -0.2) is 0 Å². The van der Waals surface area contributed by atoms with E-state index in [2.05, 4.69) is 20.9 Å². The highest BCUT2D eigenvalue weighted by Crippen LogP contribution is 2.26. The maximum atomic E-state index is 5.65. The van der Waals surface area contributed by atoms with Crippen LogP contribution in [0.4, 0.5) is 5.69 Å². The number of hydrogen-bond acceptors (Lipinski definition) is 3. The maximum absolute atomic E-state index is 5.65. The first-order chi connectivity index (χ1) is 8.25. The molecule has 1 heterocycles. The number of aromatic nitrogens is 1. The highest BCUT2D eigenvalue weighted by molar-refractivity contribution is 9.10. The van der Waals surface area contributed by atoms with Crippen LogP contribution in [0.25, 0.3) is 0 Å². The second kappa shape index (κ2) is 5.68. The highest BCUT2D eigenvalue weighted by atomic mass is 79.9. The van der Waals surface area contributed by atoms with Crippen LogP contribution >= 0.6 is 15.9 Å². The Labute approximate surface area is 109 Å². The Balaban J connectivity index is 1.90. The van der Waals surface area contributed by atoms with Gasteiger partial charge in [0.25, 0.3) is 0 Å². The highest BCUT2D eigenvalue weighted by Gasteiger charge is 2.01. The number of ether oxygens (including phenoxy) is 1. The minimum Gasteiger partial charge on any atom is -0.492 e. The predicted molar refractivity (Wildman–Crippen MR) is 72.0 cm³/mol. The number of nitrogens with two attached hydrogens (primary N) is 1. The topological polar surface area (TPSA) is 48.1 Å². The van der Waals surface area contributed by atoms with Gasteiger partial charge in [-0.15, -0.1) is 0 Å². The summed E-state index contributed by atoms with van der Waals surface area (Å²) in [6.07, 6.45) is 2.58. The van der Waals surface area contributed by atoms with Gasteiger partial charge in [-0.05, 0) is 46.3 Å². The first-order valence-corrected chi connectivity index (χ1v) is 6.13. The van der Waals surface area contributed by atoms with E-state index < -0.39 is 0 Å².